The topological polar surface area (TPSA) is 37.3 Å². The third kappa shape index (κ3) is 2.24. The highest BCUT2D eigenvalue weighted by molar-refractivity contribution is 7.96. The van der Waals surface area contributed by atoms with Gasteiger partial charge >= 0.3 is 0 Å². The number of halogens is 2. The van der Waals surface area contributed by atoms with E-state index in [1.807, 2.05) is 13.8 Å². The number of thiol groups is 1. The summed E-state index contributed by atoms with van der Waals surface area (Å²) in [6.45, 7) is 9.51. The van der Waals surface area contributed by atoms with Gasteiger partial charge in [0.25, 0.3) is 0 Å². The Morgan fingerprint density at radius 1 is 1.33 bits per heavy atom. The maximum Gasteiger partial charge on any atom is 0.189 e. The lowest BCUT2D eigenvalue weighted by molar-refractivity contribution is -0.200. The number of allylic oxidation sites excluding steroid dienone is 5. The van der Waals surface area contributed by atoms with Gasteiger partial charge in [0.2, 0.25) is 0 Å². The molecule has 3 fully saturated rings. The average molecular weight is 395 g/mol. The Kier molecular flexibility index (Phi) is 4.16. The second-order valence-corrected chi connectivity index (χ2v) is 10.1. The molecule has 0 aromatic rings. The second-order valence-electron chi connectivity index (χ2n) is 9.65. The zero-order chi connectivity index (χ0) is 19.9. The minimum absolute atomic E-state index is 0.0383. The van der Waals surface area contributed by atoms with Crippen molar-refractivity contribution in [1.82, 2.24) is 0 Å². The molecule has 0 saturated heterocycles. The van der Waals surface area contributed by atoms with Crippen molar-refractivity contribution in [3.8, 4) is 0 Å². The standard InChI is InChI=1S/C22H28F2O2S/c1-11-5-6-21(4)15(7-11)16(23)9-14-13-8-12(2)18(19(26)27)20(13,3)10-17(25)22(14,21)24/h5-7,12-14,16-18,25H,1,8-10H2,2-4H3,(H,26,27)/t12-,13?,14?,16+,17?,18?,20?,21?,22+/m1/s1. The third-order valence-corrected chi connectivity index (χ3v) is 8.61. The summed E-state index contributed by atoms with van der Waals surface area (Å²) in [6, 6.07) is 0. The monoisotopic (exact) mass is 394 g/mol. The molecule has 6 unspecified atom stereocenters. The van der Waals surface area contributed by atoms with Crippen LogP contribution in [0.5, 0.6) is 0 Å². The summed E-state index contributed by atoms with van der Waals surface area (Å²) in [4.78, 5) is 12.2. The first-order valence-electron chi connectivity index (χ1n) is 9.81. The largest absolute Gasteiger partial charge is 0.390 e. The number of hydrogen-bond acceptors (Lipinski definition) is 2. The van der Waals surface area contributed by atoms with Crippen LogP contribution in [0.1, 0.15) is 40.0 Å². The van der Waals surface area contributed by atoms with Gasteiger partial charge in [-0.05, 0) is 54.6 Å². The summed E-state index contributed by atoms with van der Waals surface area (Å²) in [5, 5.41) is 10.9. The smallest absolute Gasteiger partial charge is 0.189 e. The number of rotatable bonds is 1. The molecular weight excluding hydrogens is 366 g/mol. The molecular formula is C22H28F2O2S. The van der Waals surface area contributed by atoms with Crippen molar-refractivity contribution in [1.29, 1.82) is 0 Å². The number of aliphatic hydroxyl groups excluding tert-OH is 1. The van der Waals surface area contributed by atoms with Gasteiger partial charge in [0, 0.05) is 17.3 Å². The molecule has 0 aliphatic heterocycles. The molecule has 9 atom stereocenters. The van der Waals surface area contributed by atoms with E-state index < -0.39 is 34.7 Å². The fraction of sp³-hybridized carbons (Fsp3) is 0.682. The van der Waals surface area contributed by atoms with Crippen LogP contribution < -0.4 is 0 Å². The normalized spacial score (nSPS) is 54.0. The lowest BCUT2D eigenvalue weighted by Gasteiger charge is -2.62. The molecule has 0 bridgehead atoms. The average Bonchev–Trinajstić information content (AvgIpc) is 2.82. The van der Waals surface area contributed by atoms with Gasteiger partial charge in [-0.3, -0.25) is 4.79 Å². The molecule has 0 aromatic heterocycles. The Bertz CT molecular complexity index is 776. The quantitative estimate of drug-likeness (QED) is 0.637. The first kappa shape index (κ1) is 19.4. The van der Waals surface area contributed by atoms with E-state index in [9.17, 15) is 9.90 Å². The van der Waals surface area contributed by atoms with E-state index in [-0.39, 0.29) is 35.7 Å². The highest BCUT2D eigenvalue weighted by atomic mass is 32.1. The minimum atomic E-state index is -1.96. The van der Waals surface area contributed by atoms with E-state index in [0.717, 1.165) is 0 Å². The number of alkyl halides is 2. The van der Waals surface area contributed by atoms with E-state index >= 15 is 8.78 Å². The zero-order valence-corrected chi connectivity index (χ0v) is 17.0. The Balaban J connectivity index is 1.86. The van der Waals surface area contributed by atoms with Crippen LogP contribution in [0.4, 0.5) is 8.78 Å². The fourth-order valence-corrected chi connectivity index (χ4v) is 7.72. The van der Waals surface area contributed by atoms with Crippen molar-refractivity contribution in [2.24, 2.45) is 34.5 Å². The van der Waals surface area contributed by atoms with Gasteiger partial charge in [-0.25, -0.2) is 8.78 Å². The molecule has 0 heterocycles. The predicted octanol–water partition coefficient (Wildman–Crippen LogP) is 4.61. The van der Waals surface area contributed by atoms with Gasteiger partial charge in [0.05, 0.1) is 6.10 Å². The van der Waals surface area contributed by atoms with Gasteiger partial charge in [0.15, 0.2) is 10.8 Å². The Hall–Kier alpha value is -0.940. The van der Waals surface area contributed by atoms with Gasteiger partial charge in [-0.2, -0.15) is 0 Å². The fourth-order valence-electron chi connectivity index (χ4n) is 7.17. The van der Waals surface area contributed by atoms with E-state index in [4.69, 9.17) is 0 Å². The van der Waals surface area contributed by atoms with Crippen LogP contribution in [-0.4, -0.2) is 28.2 Å². The maximum absolute atomic E-state index is 16.9. The lowest BCUT2D eigenvalue weighted by atomic mass is 9.45. The molecule has 27 heavy (non-hydrogen) atoms. The number of aliphatic hydroxyl groups is 1. The predicted molar refractivity (Wildman–Crippen MR) is 105 cm³/mol. The zero-order valence-electron chi connectivity index (χ0n) is 16.1. The van der Waals surface area contributed by atoms with Crippen molar-refractivity contribution >= 4 is 17.7 Å². The van der Waals surface area contributed by atoms with Crippen molar-refractivity contribution in [2.45, 2.75) is 58.0 Å². The van der Waals surface area contributed by atoms with Gasteiger partial charge in [-0.1, -0.05) is 38.7 Å². The van der Waals surface area contributed by atoms with Crippen LogP contribution >= 0.6 is 12.6 Å². The molecule has 5 heteroatoms. The lowest BCUT2D eigenvalue weighted by Crippen LogP contribution is -2.68. The van der Waals surface area contributed by atoms with Crippen LogP contribution in [0.3, 0.4) is 0 Å². The van der Waals surface area contributed by atoms with Gasteiger partial charge < -0.3 is 5.11 Å². The van der Waals surface area contributed by atoms with Crippen LogP contribution in [0, 0.1) is 34.5 Å². The van der Waals surface area contributed by atoms with Crippen LogP contribution in [0.15, 0.2) is 36.0 Å². The number of carbonyl (C=O) groups excluding carboxylic acids is 1. The molecule has 0 aromatic carbocycles. The molecule has 0 spiro atoms. The van der Waals surface area contributed by atoms with Crippen molar-refractivity contribution in [3.05, 3.63) is 36.0 Å². The first-order valence-corrected chi connectivity index (χ1v) is 10.3. The summed E-state index contributed by atoms with van der Waals surface area (Å²) in [7, 11) is 0. The summed E-state index contributed by atoms with van der Waals surface area (Å²) < 4.78 is 32.1. The van der Waals surface area contributed by atoms with Crippen LogP contribution in [0.2, 0.25) is 0 Å². The summed E-state index contributed by atoms with van der Waals surface area (Å²) in [6.07, 6.45) is 3.40. The SMILES string of the molecule is C=C1C=CC2(C)C(=C1)[C@@H](F)CC1C3C[C@@H](C)C(C(=O)S)C3(C)CC(O)[C@@]12F. The van der Waals surface area contributed by atoms with Crippen molar-refractivity contribution in [3.63, 3.8) is 0 Å². The molecule has 3 saturated carbocycles. The maximum atomic E-state index is 16.9. The van der Waals surface area contributed by atoms with Crippen LogP contribution in [-0.2, 0) is 4.79 Å². The molecule has 1 N–H and O–H groups in total. The molecule has 0 radical (unpaired) electrons. The third-order valence-electron chi connectivity index (χ3n) is 8.33. The summed E-state index contributed by atoms with van der Waals surface area (Å²) in [5.74, 6) is -1.09. The summed E-state index contributed by atoms with van der Waals surface area (Å²) >= 11 is 4.09. The van der Waals surface area contributed by atoms with E-state index in [1.54, 1.807) is 25.2 Å². The molecule has 4 aliphatic rings. The number of carbonyl (C=O) groups is 1. The molecule has 4 aliphatic carbocycles. The Labute approximate surface area is 165 Å². The van der Waals surface area contributed by atoms with Crippen molar-refractivity contribution in [2.75, 3.05) is 0 Å². The molecule has 148 valence electrons. The minimum Gasteiger partial charge on any atom is -0.390 e. The summed E-state index contributed by atoms with van der Waals surface area (Å²) in [5.41, 5.74) is -2.69. The highest BCUT2D eigenvalue weighted by Crippen LogP contribution is 2.70. The van der Waals surface area contributed by atoms with Crippen molar-refractivity contribution < 1.29 is 18.7 Å². The van der Waals surface area contributed by atoms with Crippen LogP contribution in [0.25, 0.3) is 0 Å². The highest BCUT2D eigenvalue weighted by Gasteiger charge is 2.72. The Morgan fingerprint density at radius 2 is 2.00 bits per heavy atom. The number of fused-ring (bicyclic) bond motifs is 5. The van der Waals surface area contributed by atoms with E-state index in [2.05, 4.69) is 19.2 Å². The van der Waals surface area contributed by atoms with Gasteiger partial charge in [0.1, 0.15) is 6.17 Å². The van der Waals surface area contributed by atoms with E-state index in [1.165, 1.54) is 0 Å². The van der Waals surface area contributed by atoms with Gasteiger partial charge in [-0.15, -0.1) is 12.6 Å². The molecule has 4 rings (SSSR count). The number of hydrogen-bond donors (Lipinski definition) is 2. The van der Waals surface area contributed by atoms with E-state index in [0.29, 0.717) is 17.6 Å². The Morgan fingerprint density at radius 3 is 2.63 bits per heavy atom. The second kappa shape index (κ2) is 5.79. The molecule has 0 amide bonds. The molecule has 2 nitrogen and oxygen atoms in total. The first-order chi connectivity index (χ1) is 12.5.